The Morgan fingerprint density at radius 2 is 2.21 bits per heavy atom. The first-order valence-corrected chi connectivity index (χ1v) is 9.11. The van der Waals surface area contributed by atoms with Crippen LogP contribution in [0.3, 0.4) is 0 Å². The molecule has 24 heavy (non-hydrogen) atoms. The maximum absolute atomic E-state index is 12.0. The fraction of sp³-hybridized carbons (Fsp3) is 0.632. The third-order valence-corrected chi connectivity index (χ3v) is 4.83. The summed E-state index contributed by atoms with van der Waals surface area (Å²) < 4.78 is 0. The summed E-state index contributed by atoms with van der Waals surface area (Å²) in [5.41, 5.74) is 3.13. The lowest BCUT2D eigenvalue weighted by molar-refractivity contribution is 0.160. The predicted molar refractivity (Wildman–Crippen MR) is 99.8 cm³/mol. The largest absolute Gasteiger partial charge is 0.393 e. The molecule has 5 heteroatoms. The zero-order valence-corrected chi connectivity index (χ0v) is 15.1. The van der Waals surface area contributed by atoms with Crippen LogP contribution >= 0.6 is 0 Å². The molecule has 3 N–H and O–H groups in total. The van der Waals surface area contributed by atoms with Gasteiger partial charge in [-0.05, 0) is 69.7 Å². The molecule has 1 saturated heterocycles. The van der Waals surface area contributed by atoms with Gasteiger partial charge in [-0.2, -0.15) is 0 Å². The Bertz CT molecular complexity index is 547. The highest BCUT2D eigenvalue weighted by molar-refractivity contribution is 5.90. The SMILES string of the molecule is CCC(O)CCNC(=O)Nc1ccc(N2CCCCC2C)cc1C. The maximum atomic E-state index is 12.0. The lowest BCUT2D eigenvalue weighted by atomic mass is 10.0. The number of piperidine rings is 1. The minimum Gasteiger partial charge on any atom is -0.393 e. The number of urea groups is 1. The molecule has 2 atom stereocenters. The molecule has 134 valence electrons. The van der Waals surface area contributed by atoms with Crippen molar-refractivity contribution in [2.45, 2.75) is 65.0 Å². The molecule has 1 aliphatic rings. The third-order valence-electron chi connectivity index (χ3n) is 4.83. The molecule has 2 amide bonds. The van der Waals surface area contributed by atoms with Crippen LogP contribution in [0.2, 0.25) is 0 Å². The predicted octanol–water partition coefficient (Wildman–Crippen LogP) is 3.66. The smallest absolute Gasteiger partial charge is 0.319 e. The first-order valence-electron chi connectivity index (χ1n) is 9.11. The summed E-state index contributed by atoms with van der Waals surface area (Å²) >= 11 is 0. The molecule has 1 aliphatic heterocycles. The zero-order valence-electron chi connectivity index (χ0n) is 15.1. The number of aliphatic hydroxyl groups is 1. The van der Waals surface area contributed by atoms with Crippen molar-refractivity contribution in [3.8, 4) is 0 Å². The van der Waals surface area contributed by atoms with Crippen LogP contribution in [0.25, 0.3) is 0 Å². The molecule has 2 rings (SSSR count). The number of rotatable bonds is 6. The van der Waals surface area contributed by atoms with Crippen molar-refractivity contribution in [1.29, 1.82) is 0 Å². The number of hydrogen-bond acceptors (Lipinski definition) is 3. The van der Waals surface area contributed by atoms with Gasteiger partial charge >= 0.3 is 6.03 Å². The van der Waals surface area contributed by atoms with E-state index >= 15 is 0 Å². The Hall–Kier alpha value is -1.75. The van der Waals surface area contributed by atoms with Gasteiger partial charge in [0.1, 0.15) is 0 Å². The molecule has 0 aliphatic carbocycles. The number of carbonyl (C=O) groups is 1. The van der Waals surface area contributed by atoms with Crippen LogP contribution in [0, 0.1) is 6.92 Å². The zero-order chi connectivity index (χ0) is 17.5. The minimum absolute atomic E-state index is 0.222. The summed E-state index contributed by atoms with van der Waals surface area (Å²) in [7, 11) is 0. The van der Waals surface area contributed by atoms with E-state index in [-0.39, 0.29) is 12.1 Å². The molecule has 1 aromatic carbocycles. The minimum atomic E-state index is -0.349. The Morgan fingerprint density at radius 1 is 1.42 bits per heavy atom. The number of amides is 2. The molecule has 0 saturated carbocycles. The molecule has 1 aromatic rings. The maximum Gasteiger partial charge on any atom is 0.319 e. The van der Waals surface area contributed by atoms with Crippen LogP contribution in [-0.2, 0) is 0 Å². The van der Waals surface area contributed by atoms with Crippen LogP contribution in [0.4, 0.5) is 16.2 Å². The number of nitrogens with zero attached hydrogens (tertiary/aromatic N) is 1. The van der Waals surface area contributed by atoms with Gasteiger partial charge in [-0.25, -0.2) is 4.79 Å². The number of anilines is 2. The summed E-state index contributed by atoms with van der Waals surface area (Å²) in [6.07, 6.45) is 4.73. The second-order valence-electron chi connectivity index (χ2n) is 6.77. The number of aliphatic hydroxyl groups excluding tert-OH is 1. The van der Waals surface area contributed by atoms with Crippen molar-refractivity contribution in [1.82, 2.24) is 5.32 Å². The normalized spacial score (nSPS) is 19.0. The summed E-state index contributed by atoms with van der Waals surface area (Å²) in [5, 5.41) is 15.2. The van der Waals surface area contributed by atoms with Gasteiger partial charge in [-0.1, -0.05) is 6.92 Å². The van der Waals surface area contributed by atoms with Gasteiger partial charge in [0.25, 0.3) is 0 Å². The summed E-state index contributed by atoms with van der Waals surface area (Å²) in [6, 6.07) is 6.57. The van der Waals surface area contributed by atoms with E-state index in [2.05, 4.69) is 34.6 Å². The molecule has 1 fully saturated rings. The van der Waals surface area contributed by atoms with Crippen molar-refractivity contribution >= 4 is 17.4 Å². The first-order chi connectivity index (χ1) is 11.5. The van der Waals surface area contributed by atoms with Crippen LogP contribution in [0.15, 0.2) is 18.2 Å². The Morgan fingerprint density at radius 3 is 2.88 bits per heavy atom. The van der Waals surface area contributed by atoms with Crippen molar-refractivity contribution in [3.05, 3.63) is 23.8 Å². The number of carbonyl (C=O) groups excluding carboxylic acids is 1. The van der Waals surface area contributed by atoms with Gasteiger partial charge in [-0.15, -0.1) is 0 Å². The number of benzene rings is 1. The second kappa shape index (κ2) is 8.92. The molecule has 0 bridgehead atoms. The molecule has 1 heterocycles. The molecule has 2 unspecified atom stereocenters. The van der Waals surface area contributed by atoms with Crippen LogP contribution < -0.4 is 15.5 Å². The average Bonchev–Trinajstić information content (AvgIpc) is 2.57. The Labute approximate surface area is 145 Å². The number of aryl methyl sites for hydroxylation is 1. The van der Waals surface area contributed by atoms with Crippen molar-refractivity contribution in [2.75, 3.05) is 23.3 Å². The van der Waals surface area contributed by atoms with E-state index in [0.29, 0.717) is 25.4 Å². The lowest BCUT2D eigenvalue weighted by Gasteiger charge is -2.35. The lowest BCUT2D eigenvalue weighted by Crippen LogP contribution is -2.37. The number of nitrogens with one attached hydrogen (secondary N) is 2. The number of hydrogen-bond donors (Lipinski definition) is 3. The second-order valence-corrected chi connectivity index (χ2v) is 6.77. The summed E-state index contributed by atoms with van der Waals surface area (Å²) in [6.45, 7) is 7.81. The third kappa shape index (κ3) is 5.13. The van der Waals surface area contributed by atoms with E-state index in [1.165, 1.54) is 24.9 Å². The highest BCUT2D eigenvalue weighted by Gasteiger charge is 2.19. The Balaban J connectivity index is 1.91. The van der Waals surface area contributed by atoms with E-state index in [1.54, 1.807) is 0 Å². The van der Waals surface area contributed by atoms with Gasteiger partial charge < -0.3 is 20.6 Å². The summed E-state index contributed by atoms with van der Waals surface area (Å²) in [5.74, 6) is 0. The van der Waals surface area contributed by atoms with Gasteiger partial charge in [-0.3, -0.25) is 0 Å². The van der Waals surface area contributed by atoms with Crippen LogP contribution in [0.5, 0.6) is 0 Å². The molecule has 0 radical (unpaired) electrons. The topological polar surface area (TPSA) is 64.6 Å². The van der Waals surface area contributed by atoms with E-state index in [9.17, 15) is 9.90 Å². The molecular weight excluding hydrogens is 302 g/mol. The van der Waals surface area contributed by atoms with Crippen LogP contribution in [0.1, 0.15) is 51.5 Å². The van der Waals surface area contributed by atoms with Gasteiger partial charge in [0, 0.05) is 30.5 Å². The first kappa shape index (κ1) is 18.6. The van der Waals surface area contributed by atoms with E-state index in [0.717, 1.165) is 17.8 Å². The van der Waals surface area contributed by atoms with Gasteiger partial charge in [0.05, 0.1) is 6.10 Å². The quantitative estimate of drug-likeness (QED) is 0.744. The van der Waals surface area contributed by atoms with E-state index in [4.69, 9.17) is 0 Å². The van der Waals surface area contributed by atoms with Gasteiger partial charge in [0.15, 0.2) is 0 Å². The average molecular weight is 333 g/mol. The highest BCUT2D eigenvalue weighted by atomic mass is 16.3. The molecule has 5 nitrogen and oxygen atoms in total. The van der Waals surface area contributed by atoms with E-state index < -0.39 is 0 Å². The Kier molecular flexibility index (Phi) is 6.91. The van der Waals surface area contributed by atoms with Gasteiger partial charge in [0.2, 0.25) is 0 Å². The van der Waals surface area contributed by atoms with Crippen molar-refractivity contribution in [3.63, 3.8) is 0 Å². The molecule has 0 aromatic heterocycles. The molecule has 0 spiro atoms. The van der Waals surface area contributed by atoms with Crippen molar-refractivity contribution < 1.29 is 9.90 Å². The highest BCUT2D eigenvalue weighted by Crippen LogP contribution is 2.28. The van der Waals surface area contributed by atoms with Crippen LogP contribution in [-0.4, -0.2) is 36.4 Å². The fourth-order valence-corrected chi connectivity index (χ4v) is 3.17. The standard InChI is InChI=1S/C19H31N3O2/c1-4-17(23)10-11-20-19(24)21-18-9-8-16(13-14(18)2)22-12-6-5-7-15(22)3/h8-9,13,15,17,23H,4-7,10-12H2,1-3H3,(H2,20,21,24). The summed E-state index contributed by atoms with van der Waals surface area (Å²) in [4.78, 5) is 14.4. The monoisotopic (exact) mass is 333 g/mol. The van der Waals surface area contributed by atoms with Crippen molar-refractivity contribution in [2.24, 2.45) is 0 Å². The molecular formula is C19H31N3O2. The fourth-order valence-electron chi connectivity index (χ4n) is 3.17. The van der Waals surface area contributed by atoms with E-state index in [1.807, 2.05) is 19.9 Å².